The van der Waals surface area contributed by atoms with Gasteiger partial charge in [-0.3, -0.25) is 4.79 Å². The van der Waals surface area contributed by atoms with Crippen LogP contribution in [-0.2, 0) is 11.8 Å². The maximum absolute atomic E-state index is 11.6. The van der Waals surface area contributed by atoms with E-state index in [9.17, 15) is 4.79 Å². The summed E-state index contributed by atoms with van der Waals surface area (Å²) in [7, 11) is 1.67. The lowest BCUT2D eigenvalue weighted by Crippen LogP contribution is -2.20. The van der Waals surface area contributed by atoms with Gasteiger partial charge in [-0.15, -0.1) is 0 Å². The van der Waals surface area contributed by atoms with Crippen LogP contribution in [0.25, 0.3) is 11.5 Å². The highest BCUT2D eigenvalue weighted by Gasteiger charge is 2.16. The summed E-state index contributed by atoms with van der Waals surface area (Å²) in [6.45, 7) is 4.16. The second-order valence-corrected chi connectivity index (χ2v) is 4.81. The zero-order valence-electron chi connectivity index (χ0n) is 11.7. The number of nitrogens with zero attached hydrogens (tertiary/aromatic N) is 3. The number of rotatable bonds is 5. The Hall–Kier alpha value is -1.99. The summed E-state index contributed by atoms with van der Waals surface area (Å²) in [5.74, 6) is 0.638. The van der Waals surface area contributed by atoms with Gasteiger partial charge < -0.3 is 19.6 Å². The Labute approximate surface area is 116 Å². The molecule has 0 fully saturated rings. The van der Waals surface area contributed by atoms with Crippen LogP contribution in [0.3, 0.4) is 0 Å². The minimum Gasteiger partial charge on any atom is -0.377 e. The quantitative estimate of drug-likeness (QED) is 0.871. The zero-order chi connectivity index (χ0) is 14.7. The third kappa shape index (κ3) is 3.31. The zero-order valence-corrected chi connectivity index (χ0v) is 11.7. The number of nitrogens with two attached hydrogens (primary N) is 1. The van der Waals surface area contributed by atoms with Gasteiger partial charge in [-0.25, -0.2) is 0 Å². The summed E-state index contributed by atoms with van der Waals surface area (Å²) in [5, 5.41) is 3.82. The van der Waals surface area contributed by atoms with Gasteiger partial charge >= 0.3 is 0 Å². The molecule has 0 aliphatic rings. The Morgan fingerprint density at radius 1 is 1.50 bits per heavy atom. The molecule has 7 nitrogen and oxygen atoms in total. The fourth-order valence-corrected chi connectivity index (χ4v) is 1.55. The van der Waals surface area contributed by atoms with Crippen molar-refractivity contribution in [1.29, 1.82) is 0 Å². The molecule has 2 aromatic heterocycles. The van der Waals surface area contributed by atoms with E-state index in [2.05, 4.69) is 10.1 Å². The Morgan fingerprint density at radius 2 is 2.25 bits per heavy atom. The predicted molar refractivity (Wildman–Crippen MR) is 73.0 cm³/mol. The number of ether oxygens (including phenoxy) is 1. The molecule has 2 rings (SSSR count). The lowest BCUT2D eigenvalue weighted by atomic mass is 10.2. The van der Waals surface area contributed by atoms with Crippen molar-refractivity contribution in [2.24, 2.45) is 12.8 Å². The highest BCUT2D eigenvalue weighted by Crippen LogP contribution is 2.17. The second-order valence-electron chi connectivity index (χ2n) is 4.81. The fraction of sp³-hybridized carbons (Fsp3) is 0.462. The first-order chi connectivity index (χ1) is 9.47. The topological polar surface area (TPSA) is 96.2 Å². The van der Waals surface area contributed by atoms with Crippen LogP contribution < -0.4 is 11.3 Å². The maximum atomic E-state index is 11.6. The van der Waals surface area contributed by atoms with E-state index in [1.165, 1.54) is 10.6 Å². The van der Waals surface area contributed by atoms with Crippen molar-refractivity contribution in [3.05, 3.63) is 34.5 Å². The number of hydrogen-bond donors (Lipinski definition) is 1. The molecule has 20 heavy (non-hydrogen) atoms. The van der Waals surface area contributed by atoms with Gasteiger partial charge in [0.2, 0.25) is 0 Å². The van der Waals surface area contributed by atoms with Crippen LogP contribution in [0, 0.1) is 0 Å². The van der Waals surface area contributed by atoms with Crippen molar-refractivity contribution in [3.63, 3.8) is 0 Å². The van der Waals surface area contributed by atoms with E-state index in [1.807, 2.05) is 13.8 Å². The van der Waals surface area contributed by atoms with Crippen LogP contribution in [-0.4, -0.2) is 27.4 Å². The highest BCUT2D eigenvalue weighted by atomic mass is 16.5. The summed E-state index contributed by atoms with van der Waals surface area (Å²) >= 11 is 0. The molecule has 0 aromatic carbocycles. The normalized spacial score (nSPS) is 12.8. The average molecular weight is 278 g/mol. The molecule has 1 unspecified atom stereocenters. The van der Waals surface area contributed by atoms with Gasteiger partial charge in [-0.2, -0.15) is 4.98 Å². The van der Waals surface area contributed by atoms with Gasteiger partial charge in [-0.1, -0.05) is 5.16 Å². The third-order valence-corrected chi connectivity index (χ3v) is 2.73. The van der Waals surface area contributed by atoms with Crippen LogP contribution in [0.15, 0.2) is 27.6 Å². The average Bonchev–Trinajstić information content (AvgIpc) is 2.89. The summed E-state index contributed by atoms with van der Waals surface area (Å²) < 4.78 is 12.0. The van der Waals surface area contributed by atoms with E-state index in [0.29, 0.717) is 18.0 Å². The number of hydrogen-bond acceptors (Lipinski definition) is 6. The largest absolute Gasteiger partial charge is 0.377 e. The Morgan fingerprint density at radius 3 is 2.90 bits per heavy atom. The Kier molecular flexibility index (Phi) is 4.31. The van der Waals surface area contributed by atoms with Gasteiger partial charge in [0.15, 0.2) is 5.82 Å². The van der Waals surface area contributed by atoms with Crippen molar-refractivity contribution in [3.8, 4) is 11.5 Å². The summed E-state index contributed by atoms with van der Waals surface area (Å²) in [6.07, 6.45) is 1.73. The van der Waals surface area contributed by atoms with E-state index in [0.717, 1.165) is 0 Å². The van der Waals surface area contributed by atoms with Crippen molar-refractivity contribution < 1.29 is 9.26 Å². The van der Waals surface area contributed by atoms with Crippen LogP contribution in [0.1, 0.15) is 25.7 Å². The predicted octanol–water partition coefficient (Wildman–Crippen LogP) is 0.860. The molecule has 108 valence electrons. The summed E-state index contributed by atoms with van der Waals surface area (Å²) in [4.78, 5) is 15.8. The Bertz CT molecular complexity index is 633. The second kappa shape index (κ2) is 5.98. The van der Waals surface area contributed by atoms with Crippen molar-refractivity contribution in [2.75, 3.05) is 6.61 Å². The number of pyridine rings is 1. The van der Waals surface area contributed by atoms with Crippen LogP contribution in [0.4, 0.5) is 0 Å². The first kappa shape index (κ1) is 14.4. The molecule has 2 aromatic rings. The van der Waals surface area contributed by atoms with Crippen LogP contribution in [0.5, 0.6) is 0 Å². The van der Waals surface area contributed by atoms with Gasteiger partial charge in [0.25, 0.3) is 11.4 Å². The minimum atomic E-state index is -0.457. The molecule has 0 saturated heterocycles. The molecule has 0 amide bonds. The fourth-order valence-electron chi connectivity index (χ4n) is 1.55. The molecule has 7 heteroatoms. The van der Waals surface area contributed by atoms with Gasteiger partial charge in [0, 0.05) is 24.9 Å². The minimum absolute atomic E-state index is 0.0876. The molecule has 0 radical (unpaired) electrons. The van der Waals surface area contributed by atoms with E-state index in [4.69, 9.17) is 15.0 Å². The molecule has 0 spiro atoms. The van der Waals surface area contributed by atoms with E-state index in [1.54, 1.807) is 19.3 Å². The standard InChI is InChI=1S/C13H18N4O3/c1-8(2)19-7-10(14)12-15-13(20-16-12)9-4-5-17(3)11(18)6-9/h4-6,8,10H,7,14H2,1-3H3. The van der Waals surface area contributed by atoms with E-state index in [-0.39, 0.29) is 17.6 Å². The molecule has 1 atom stereocenters. The van der Waals surface area contributed by atoms with Crippen LogP contribution >= 0.6 is 0 Å². The smallest absolute Gasteiger partial charge is 0.258 e. The van der Waals surface area contributed by atoms with Crippen molar-refractivity contribution in [1.82, 2.24) is 14.7 Å². The monoisotopic (exact) mass is 278 g/mol. The van der Waals surface area contributed by atoms with E-state index < -0.39 is 6.04 Å². The summed E-state index contributed by atoms with van der Waals surface area (Å²) in [5.41, 5.74) is 6.34. The van der Waals surface area contributed by atoms with E-state index >= 15 is 0 Å². The van der Waals surface area contributed by atoms with Gasteiger partial charge in [0.05, 0.1) is 18.8 Å². The molecule has 0 saturated carbocycles. The lowest BCUT2D eigenvalue weighted by molar-refractivity contribution is 0.0665. The molecule has 2 N–H and O–H groups in total. The Balaban J connectivity index is 2.15. The molecule has 0 bridgehead atoms. The first-order valence-corrected chi connectivity index (χ1v) is 6.35. The molecular formula is C13H18N4O3. The summed E-state index contributed by atoms with van der Waals surface area (Å²) in [6, 6.07) is 2.71. The lowest BCUT2D eigenvalue weighted by Gasteiger charge is -2.10. The maximum Gasteiger partial charge on any atom is 0.258 e. The van der Waals surface area contributed by atoms with Crippen LogP contribution in [0.2, 0.25) is 0 Å². The highest BCUT2D eigenvalue weighted by molar-refractivity contribution is 5.51. The SMILES string of the molecule is CC(C)OCC(N)c1noc(-c2ccn(C)c(=O)c2)n1. The number of aromatic nitrogens is 3. The van der Waals surface area contributed by atoms with Gasteiger partial charge in [0.1, 0.15) is 0 Å². The molecule has 0 aliphatic heterocycles. The molecule has 2 heterocycles. The molecular weight excluding hydrogens is 260 g/mol. The van der Waals surface area contributed by atoms with Crippen molar-refractivity contribution >= 4 is 0 Å². The van der Waals surface area contributed by atoms with Gasteiger partial charge in [-0.05, 0) is 19.9 Å². The third-order valence-electron chi connectivity index (χ3n) is 2.73. The van der Waals surface area contributed by atoms with Crippen molar-refractivity contribution in [2.45, 2.75) is 26.0 Å². The molecule has 0 aliphatic carbocycles. The first-order valence-electron chi connectivity index (χ1n) is 6.35. The number of aryl methyl sites for hydroxylation is 1.